The van der Waals surface area contributed by atoms with Crippen molar-refractivity contribution < 1.29 is 23.8 Å². The van der Waals surface area contributed by atoms with Gasteiger partial charge in [0.1, 0.15) is 22.8 Å². The summed E-state index contributed by atoms with van der Waals surface area (Å²) in [5.41, 5.74) is 1.44. The Bertz CT molecular complexity index is 968. The van der Waals surface area contributed by atoms with Crippen LogP contribution < -0.4 is 19.5 Å². The van der Waals surface area contributed by atoms with Crippen molar-refractivity contribution in [2.75, 3.05) is 19.5 Å². The molecule has 0 atom stereocenters. The highest BCUT2D eigenvalue weighted by Gasteiger charge is 2.16. The molecule has 0 aliphatic rings. The molecule has 6 heteroatoms. The number of methoxy groups -OCH3 is 2. The number of benzene rings is 3. The van der Waals surface area contributed by atoms with Crippen LogP contribution in [0.5, 0.6) is 17.2 Å². The first-order valence-corrected chi connectivity index (χ1v) is 8.51. The summed E-state index contributed by atoms with van der Waals surface area (Å²) in [5.74, 6) is 0.512. The molecule has 0 radical (unpaired) electrons. The van der Waals surface area contributed by atoms with Gasteiger partial charge in [0.2, 0.25) is 0 Å². The summed E-state index contributed by atoms with van der Waals surface area (Å²) in [6.45, 7) is 0. The zero-order valence-corrected chi connectivity index (χ0v) is 15.5. The molecule has 0 heterocycles. The molecule has 0 unspecified atom stereocenters. The molecule has 0 aromatic heterocycles. The predicted octanol–water partition coefficient (Wildman–Crippen LogP) is 4.18. The monoisotopic (exact) mass is 377 g/mol. The van der Waals surface area contributed by atoms with Crippen LogP contribution in [-0.4, -0.2) is 26.1 Å². The van der Waals surface area contributed by atoms with Crippen LogP contribution in [0.15, 0.2) is 72.8 Å². The number of ether oxygens (including phenoxy) is 3. The van der Waals surface area contributed by atoms with Gasteiger partial charge >= 0.3 is 5.97 Å². The van der Waals surface area contributed by atoms with Gasteiger partial charge in [-0.05, 0) is 48.5 Å². The number of anilines is 1. The lowest BCUT2D eigenvalue weighted by molar-refractivity contribution is 0.0731. The van der Waals surface area contributed by atoms with Crippen molar-refractivity contribution in [3.8, 4) is 17.2 Å². The number of nitrogens with one attached hydrogen (secondary N) is 1. The lowest BCUT2D eigenvalue weighted by Gasteiger charge is -2.11. The highest BCUT2D eigenvalue weighted by Crippen LogP contribution is 2.26. The van der Waals surface area contributed by atoms with Gasteiger partial charge in [-0.2, -0.15) is 0 Å². The van der Waals surface area contributed by atoms with E-state index in [1.807, 2.05) is 6.07 Å². The first kappa shape index (κ1) is 19.0. The van der Waals surface area contributed by atoms with Crippen LogP contribution in [0.2, 0.25) is 0 Å². The van der Waals surface area contributed by atoms with Crippen molar-refractivity contribution in [2.45, 2.75) is 0 Å². The smallest absolute Gasteiger partial charge is 0.347 e. The SMILES string of the molecule is COc1ccc(C(=O)Oc2ccc(NC(=O)c3ccccc3)cc2)c(OC)c1. The number of amides is 1. The minimum Gasteiger partial charge on any atom is -0.497 e. The summed E-state index contributed by atoms with van der Waals surface area (Å²) < 4.78 is 15.7. The second-order valence-corrected chi connectivity index (χ2v) is 5.80. The average molecular weight is 377 g/mol. The van der Waals surface area contributed by atoms with E-state index in [1.54, 1.807) is 66.7 Å². The topological polar surface area (TPSA) is 73.9 Å². The molecule has 142 valence electrons. The van der Waals surface area contributed by atoms with Crippen LogP contribution >= 0.6 is 0 Å². The molecule has 28 heavy (non-hydrogen) atoms. The summed E-state index contributed by atoms with van der Waals surface area (Å²) in [6.07, 6.45) is 0. The van der Waals surface area contributed by atoms with Crippen molar-refractivity contribution in [1.29, 1.82) is 0 Å². The molecule has 0 aliphatic heterocycles. The number of esters is 1. The number of carbonyl (C=O) groups is 2. The van der Waals surface area contributed by atoms with Gasteiger partial charge in [-0.1, -0.05) is 18.2 Å². The van der Waals surface area contributed by atoms with E-state index in [-0.39, 0.29) is 11.5 Å². The standard InChI is InChI=1S/C22H19NO5/c1-26-18-12-13-19(20(14-18)27-2)22(25)28-17-10-8-16(9-11-17)23-21(24)15-6-4-3-5-7-15/h3-14H,1-2H3,(H,23,24). The van der Waals surface area contributed by atoms with E-state index in [2.05, 4.69) is 5.32 Å². The van der Waals surface area contributed by atoms with E-state index in [4.69, 9.17) is 14.2 Å². The van der Waals surface area contributed by atoms with Gasteiger partial charge in [0.15, 0.2) is 0 Å². The Morgan fingerprint density at radius 1 is 0.786 bits per heavy atom. The molecule has 3 rings (SSSR count). The average Bonchev–Trinajstić information content (AvgIpc) is 2.75. The molecule has 3 aromatic carbocycles. The molecule has 0 fully saturated rings. The molecule has 0 bridgehead atoms. The van der Waals surface area contributed by atoms with Gasteiger partial charge in [-0.3, -0.25) is 4.79 Å². The van der Waals surface area contributed by atoms with Crippen LogP contribution in [0.1, 0.15) is 20.7 Å². The van der Waals surface area contributed by atoms with Crippen molar-refractivity contribution in [1.82, 2.24) is 0 Å². The van der Waals surface area contributed by atoms with Crippen molar-refractivity contribution in [2.24, 2.45) is 0 Å². The Morgan fingerprint density at radius 2 is 1.46 bits per heavy atom. The van der Waals surface area contributed by atoms with Crippen LogP contribution in [0.25, 0.3) is 0 Å². The second kappa shape index (κ2) is 8.73. The minimum absolute atomic E-state index is 0.215. The van der Waals surface area contributed by atoms with Crippen LogP contribution in [0, 0.1) is 0 Å². The maximum Gasteiger partial charge on any atom is 0.347 e. The highest BCUT2D eigenvalue weighted by atomic mass is 16.5. The Morgan fingerprint density at radius 3 is 2.11 bits per heavy atom. The van der Waals surface area contributed by atoms with Gasteiger partial charge in [0.05, 0.1) is 14.2 Å². The van der Waals surface area contributed by atoms with Crippen LogP contribution in [-0.2, 0) is 0 Å². The summed E-state index contributed by atoms with van der Waals surface area (Å²) in [4.78, 5) is 24.6. The fraction of sp³-hybridized carbons (Fsp3) is 0.0909. The Kier molecular flexibility index (Phi) is 5.91. The summed E-state index contributed by atoms with van der Waals surface area (Å²) in [6, 6.07) is 20.3. The van der Waals surface area contributed by atoms with Gasteiger partial charge in [0.25, 0.3) is 5.91 Å². The second-order valence-electron chi connectivity index (χ2n) is 5.80. The lowest BCUT2D eigenvalue weighted by atomic mass is 10.2. The maximum atomic E-state index is 12.4. The third-order valence-corrected chi connectivity index (χ3v) is 3.99. The fourth-order valence-corrected chi connectivity index (χ4v) is 2.53. The Balaban J connectivity index is 1.67. The van der Waals surface area contributed by atoms with E-state index < -0.39 is 5.97 Å². The van der Waals surface area contributed by atoms with Crippen LogP contribution in [0.4, 0.5) is 5.69 Å². The van der Waals surface area contributed by atoms with E-state index in [0.29, 0.717) is 28.5 Å². The summed E-state index contributed by atoms with van der Waals surface area (Å²) in [5, 5.41) is 2.79. The molecule has 1 amide bonds. The van der Waals surface area contributed by atoms with E-state index in [0.717, 1.165) is 0 Å². The first-order chi connectivity index (χ1) is 13.6. The zero-order chi connectivity index (χ0) is 19.9. The summed E-state index contributed by atoms with van der Waals surface area (Å²) in [7, 11) is 3.00. The number of hydrogen-bond donors (Lipinski definition) is 1. The van der Waals surface area contributed by atoms with Gasteiger partial charge in [-0.25, -0.2) is 4.79 Å². The molecule has 6 nitrogen and oxygen atoms in total. The van der Waals surface area contributed by atoms with Crippen LogP contribution in [0.3, 0.4) is 0 Å². The largest absolute Gasteiger partial charge is 0.497 e. The third-order valence-electron chi connectivity index (χ3n) is 3.99. The molecule has 3 aromatic rings. The zero-order valence-electron chi connectivity index (χ0n) is 15.5. The molecule has 0 aliphatic carbocycles. The quantitative estimate of drug-likeness (QED) is 0.515. The number of rotatable bonds is 6. The predicted molar refractivity (Wildman–Crippen MR) is 105 cm³/mol. The molecule has 0 saturated heterocycles. The fourth-order valence-electron chi connectivity index (χ4n) is 2.53. The van der Waals surface area contributed by atoms with Gasteiger partial charge < -0.3 is 19.5 Å². The molecular formula is C22H19NO5. The lowest BCUT2D eigenvalue weighted by Crippen LogP contribution is -2.12. The van der Waals surface area contributed by atoms with Gasteiger partial charge in [-0.15, -0.1) is 0 Å². The Hall–Kier alpha value is -3.80. The molecule has 0 spiro atoms. The van der Waals surface area contributed by atoms with E-state index in [9.17, 15) is 9.59 Å². The van der Waals surface area contributed by atoms with Crippen molar-refractivity contribution in [3.05, 3.63) is 83.9 Å². The van der Waals surface area contributed by atoms with Crippen molar-refractivity contribution >= 4 is 17.6 Å². The van der Waals surface area contributed by atoms with E-state index in [1.165, 1.54) is 14.2 Å². The Labute approximate surface area is 162 Å². The number of hydrogen-bond acceptors (Lipinski definition) is 5. The maximum absolute atomic E-state index is 12.4. The highest BCUT2D eigenvalue weighted by molar-refractivity contribution is 6.04. The minimum atomic E-state index is -0.555. The van der Waals surface area contributed by atoms with E-state index >= 15 is 0 Å². The first-order valence-electron chi connectivity index (χ1n) is 8.51. The third kappa shape index (κ3) is 4.48. The molecule has 1 N–H and O–H groups in total. The van der Waals surface area contributed by atoms with Gasteiger partial charge in [0, 0.05) is 17.3 Å². The molecular weight excluding hydrogens is 358 g/mol. The number of carbonyl (C=O) groups excluding carboxylic acids is 2. The normalized spacial score (nSPS) is 10.1. The molecule has 0 saturated carbocycles. The van der Waals surface area contributed by atoms with Crippen molar-refractivity contribution in [3.63, 3.8) is 0 Å². The summed E-state index contributed by atoms with van der Waals surface area (Å²) >= 11 is 0.